The van der Waals surface area contributed by atoms with Crippen LogP contribution < -0.4 is 5.30 Å². The van der Waals surface area contributed by atoms with Crippen LogP contribution >= 0.6 is 7.14 Å². The van der Waals surface area contributed by atoms with Gasteiger partial charge in [-0.15, -0.1) is 0 Å². The molecule has 0 fully saturated rings. The molecule has 0 heterocycles. The van der Waals surface area contributed by atoms with Crippen LogP contribution in [0.25, 0.3) is 54.9 Å². The van der Waals surface area contributed by atoms with Crippen molar-refractivity contribution in [3.63, 3.8) is 0 Å². The molecule has 6 rings (SSSR count). The molecule has 0 saturated heterocycles. The summed E-state index contributed by atoms with van der Waals surface area (Å²) in [6, 6.07) is 45.1. The zero-order valence-corrected chi connectivity index (χ0v) is 21.4. The Morgan fingerprint density at radius 3 is 1.39 bits per heavy atom. The summed E-state index contributed by atoms with van der Waals surface area (Å²) >= 11 is 0. The summed E-state index contributed by atoms with van der Waals surface area (Å²) in [6.45, 7) is 3.64. The minimum Gasteiger partial charge on any atom is -0.319 e. The molecular weight excluding hydrogens is 455 g/mol. The molecule has 1 nitrogen and oxygen atoms in total. The van der Waals surface area contributed by atoms with Gasteiger partial charge in [-0.1, -0.05) is 121 Å². The molecule has 0 N–H and O–H groups in total. The van der Waals surface area contributed by atoms with Gasteiger partial charge in [0.25, 0.3) is 0 Å². The highest BCUT2D eigenvalue weighted by molar-refractivity contribution is 7.70. The fourth-order valence-electron chi connectivity index (χ4n) is 5.20. The van der Waals surface area contributed by atoms with Crippen molar-refractivity contribution in [1.82, 2.24) is 0 Å². The minimum absolute atomic E-state index is 0.911. The molecule has 0 unspecified atom stereocenters. The van der Waals surface area contributed by atoms with E-state index in [1.807, 2.05) is 25.5 Å². The number of fused-ring (bicyclic) bond motifs is 2. The van der Waals surface area contributed by atoms with Crippen molar-refractivity contribution in [2.45, 2.75) is 0 Å². The molecule has 0 spiro atoms. The van der Waals surface area contributed by atoms with Gasteiger partial charge in [-0.3, -0.25) is 0 Å². The Bertz CT molecular complexity index is 1750. The molecule has 0 aliphatic heterocycles. The van der Waals surface area contributed by atoms with Crippen molar-refractivity contribution >= 4 is 34.0 Å². The first kappa shape index (κ1) is 22.5. The molecule has 2 heteroatoms. The van der Waals surface area contributed by atoms with Crippen LogP contribution in [0.15, 0.2) is 127 Å². The first-order valence-electron chi connectivity index (χ1n) is 12.3. The largest absolute Gasteiger partial charge is 0.319 e. The lowest BCUT2D eigenvalue weighted by Crippen LogP contribution is -2.01. The summed E-state index contributed by atoms with van der Waals surface area (Å²) in [4.78, 5) is 0. The van der Waals surface area contributed by atoms with Crippen LogP contribution in [0, 0.1) is 0 Å². The second-order valence-electron chi connectivity index (χ2n) is 9.69. The van der Waals surface area contributed by atoms with E-state index >= 15 is 0 Å². The van der Waals surface area contributed by atoms with Crippen LogP contribution in [0.4, 0.5) is 0 Å². The number of hydrogen-bond donors (Lipinski definition) is 0. The molecule has 0 saturated carbocycles. The highest BCUT2D eigenvalue weighted by atomic mass is 31.2. The van der Waals surface area contributed by atoms with Crippen LogP contribution in [0.3, 0.4) is 0 Å². The van der Waals surface area contributed by atoms with Crippen molar-refractivity contribution in [2.24, 2.45) is 0 Å². The first-order valence-corrected chi connectivity index (χ1v) is 14.9. The van der Waals surface area contributed by atoms with Gasteiger partial charge in [-0.05, 0) is 74.3 Å². The molecule has 6 aromatic carbocycles. The maximum atomic E-state index is 12.5. The van der Waals surface area contributed by atoms with Gasteiger partial charge in [0.1, 0.15) is 7.14 Å². The Morgan fingerprint density at radius 1 is 0.417 bits per heavy atom. The third kappa shape index (κ3) is 3.96. The third-order valence-electron chi connectivity index (χ3n) is 6.97. The Morgan fingerprint density at radius 2 is 0.861 bits per heavy atom. The summed E-state index contributed by atoms with van der Waals surface area (Å²) in [6.07, 6.45) is 0. The summed E-state index contributed by atoms with van der Waals surface area (Å²) in [5, 5.41) is 5.89. The van der Waals surface area contributed by atoms with Crippen molar-refractivity contribution in [1.29, 1.82) is 0 Å². The van der Waals surface area contributed by atoms with Crippen molar-refractivity contribution in [2.75, 3.05) is 13.3 Å². The van der Waals surface area contributed by atoms with E-state index in [-0.39, 0.29) is 0 Å². The van der Waals surface area contributed by atoms with Gasteiger partial charge in [0.2, 0.25) is 0 Å². The molecule has 0 atom stereocenters. The van der Waals surface area contributed by atoms with E-state index in [0.29, 0.717) is 0 Å². The molecule has 6 aromatic rings. The van der Waals surface area contributed by atoms with Crippen LogP contribution in [-0.2, 0) is 4.57 Å². The molecular formula is C34H27OP. The van der Waals surface area contributed by atoms with Gasteiger partial charge in [-0.25, -0.2) is 0 Å². The maximum absolute atomic E-state index is 12.5. The van der Waals surface area contributed by atoms with Crippen LogP contribution in [0.5, 0.6) is 0 Å². The van der Waals surface area contributed by atoms with Crippen molar-refractivity contribution in [3.8, 4) is 33.4 Å². The van der Waals surface area contributed by atoms with Gasteiger partial charge in [-0.2, -0.15) is 0 Å². The highest BCUT2D eigenvalue weighted by Gasteiger charge is 2.17. The van der Waals surface area contributed by atoms with E-state index in [4.69, 9.17) is 0 Å². The SMILES string of the molecule is CP(C)(=O)c1ccc(-c2ccc3c(-c4ccccc4)c4ccccc4c(-c4ccccc4)c3c2)cc1. The van der Waals surface area contributed by atoms with Crippen LogP contribution in [0.2, 0.25) is 0 Å². The first-order chi connectivity index (χ1) is 17.5. The summed E-state index contributed by atoms with van der Waals surface area (Å²) in [5.74, 6) is 0. The summed E-state index contributed by atoms with van der Waals surface area (Å²) in [5.41, 5.74) is 7.23. The zero-order valence-electron chi connectivity index (χ0n) is 20.5. The predicted octanol–water partition coefficient (Wildman–Crippen LogP) is 9.24. The topological polar surface area (TPSA) is 17.1 Å². The zero-order chi connectivity index (χ0) is 24.7. The molecule has 0 radical (unpaired) electrons. The van der Waals surface area contributed by atoms with Gasteiger partial charge >= 0.3 is 0 Å². The van der Waals surface area contributed by atoms with Crippen LogP contribution in [-0.4, -0.2) is 13.3 Å². The minimum atomic E-state index is -2.28. The lowest BCUT2D eigenvalue weighted by Gasteiger charge is -2.19. The highest BCUT2D eigenvalue weighted by Crippen LogP contribution is 2.44. The molecule has 0 aromatic heterocycles. The lowest BCUT2D eigenvalue weighted by molar-refractivity contribution is 0.588. The molecule has 36 heavy (non-hydrogen) atoms. The molecule has 174 valence electrons. The van der Waals surface area contributed by atoms with Gasteiger partial charge in [0.05, 0.1) is 0 Å². The Labute approximate surface area is 212 Å². The molecule has 0 aliphatic rings. The predicted molar refractivity (Wildman–Crippen MR) is 157 cm³/mol. The average molecular weight is 483 g/mol. The van der Waals surface area contributed by atoms with E-state index < -0.39 is 7.14 Å². The molecule has 0 amide bonds. The normalized spacial score (nSPS) is 11.7. The fourth-order valence-corrected chi connectivity index (χ4v) is 6.07. The van der Waals surface area contributed by atoms with Crippen molar-refractivity contribution < 1.29 is 4.57 Å². The second kappa shape index (κ2) is 8.94. The lowest BCUT2D eigenvalue weighted by atomic mass is 9.85. The van der Waals surface area contributed by atoms with Gasteiger partial charge in [0, 0.05) is 5.30 Å². The standard InChI is InChI=1S/C34H27OP/c1-36(2,35)28-20-17-24(18-21-28)27-19-22-31-32(23-27)34(26-13-7-4-8-14-26)30-16-10-9-15-29(30)33(31)25-11-5-3-6-12-25/h3-23H,1-2H3. The molecule has 0 bridgehead atoms. The van der Waals surface area contributed by atoms with E-state index in [2.05, 4.69) is 115 Å². The monoisotopic (exact) mass is 482 g/mol. The number of hydrogen-bond acceptors (Lipinski definition) is 1. The number of benzene rings is 6. The van der Waals surface area contributed by atoms with E-state index in [0.717, 1.165) is 16.4 Å². The van der Waals surface area contributed by atoms with E-state index in [1.165, 1.54) is 43.8 Å². The Hall–Kier alpha value is -3.93. The Balaban J connectivity index is 1.70. The average Bonchev–Trinajstić information content (AvgIpc) is 2.92. The van der Waals surface area contributed by atoms with Gasteiger partial charge in [0.15, 0.2) is 0 Å². The second-order valence-corrected chi connectivity index (χ2v) is 12.9. The summed E-state index contributed by atoms with van der Waals surface area (Å²) in [7, 11) is -2.28. The van der Waals surface area contributed by atoms with Crippen molar-refractivity contribution in [3.05, 3.63) is 127 Å². The maximum Gasteiger partial charge on any atom is 0.109 e. The van der Waals surface area contributed by atoms with E-state index in [1.54, 1.807) is 0 Å². The molecule has 0 aliphatic carbocycles. The van der Waals surface area contributed by atoms with Gasteiger partial charge < -0.3 is 4.57 Å². The Kier molecular flexibility index (Phi) is 5.59. The smallest absolute Gasteiger partial charge is 0.109 e. The van der Waals surface area contributed by atoms with E-state index in [9.17, 15) is 4.57 Å². The number of rotatable bonds is 4. The third-order valence-corrected chi connectivity index (χ3v) is 8.51. The van der Waals surface area contributed by atoms with Crippen LogP contribution in [0.1, 0.15) is 0 Å². The summed E-state index contributed by atoms with van der Waals surface area (Å²) < 4.78 is 12.5. The quantitative estimate of drug-likeness (QED) is 0.181. The fraction of sp³-hybridized carbons (Fsp3) is 0.0588.